The Bertz CT molecular complexity index is 496. The molecule has 0 unspecified atom stereocenters. The molecule has 0 aromatic heterocycles. The zero-order valence-corrected chi connectivity index (χ0v) is 10.0. The molecule has 0 N–H and O–H groups in total. The lowest BCUT2D eigenvalue weighted by molar-refractivity contribution is -0.138. The van der Waals surface area contributed by atoms with Gasteiger partial charge in [-0.05, 0) is 48.4 Å². The third-order valence-electron chi connectivity index (χ3n) is 3.47. The first-order chi connectivity index (χ1) is 8.28. The summed E-state index contributed by atoms with van der Waals surface area (Å²) < 4.78 is 5.04. The van der Waals surface area contributed by atoms with Crippen LogP contribution in [-0.2, 0) is 16.0 Å². The maximum Gasteiger partial charge on any atom is 0.334 e. The van der Waals surface area contributed by atoms with Crippen LogP contribution < -0.4 is 0 Å². The summed E-state index contributed by atoms with van der Waals surface area (Å²) in [6, 6.07) is 6.60. The van der Waals surface area contributed by atoms with Gasteiger partial charge in [-0.2, -0.15) is 0 Å². The molecule has 2 aliphatic carbocycles. The van der Waals surface area contributed by atoms with Crippen molar-refractivity contribution in [1.82, 2.24) is 0 Å². The molecule has 88 valence electrons. The highest BCUT2D eigenvalue weighted by Crippen LogP contribution is 2.41. The van der Waals surface area contributed by atoms with Crippen LogP contribution in [0.2, 0.25) is 0 Å². The largest absolute Gasteiger partial charge is 0.463 e. The molecule has 2 aliphatic rings. The number of rotatable bonds is 3. The van der Waals surface area contributed by atoms with Crippen LogP contribution in [0.1, 0.15) is 42.4 Å². The van der Waals surface area contributed by atoms with Crippen LogP contribution in [-0.4, -0.2) is 12.6 Å². The maximum absolute atomic E-state index is 11.7. The summed E-state index contributed by atoms with van der Waals surface area (Å²) >= 11 is 0. The van der Waals surface area contributed by atoms with Crippen molar-refractivity contribution in [3.63, 3.8) is 0 Å². The van der Waals surface area contributed by atoms with Gasteiger partial charge < -0.3 is 4.74 Å². The Morgan fingerprint density at radius 3 is 2.94 bits per heavy atom. The Hall–Kier alpha value is -1.57. The molecule has 17 heavy (non-hydrogen) atoms. The molecule has 0 radical (unpaired) electrons. The Kier molecular flexibility index (Phi) is 2.50. The highest BCUT2D eigenvalue weighted by atomic mass is 16.5. The first-order valence-corrected chi connectivity index (χ1v) is 6.28. The minimum Gasteiger partial charge on any atom is -0.463 e. The molecular formula is C15H16O2. The van der Waals surface area contributed by atoms with E-state index in [1.807, 2.05) is 13.0 Å². The van der Waals surface area contributed by atoms with E-state index in [0.29, 0.717) is 6.61 Å². The molecule has 0 saturated heterocycles. The topological polar surface area (TPSA) is 26.3 Å². The Morgan fingerprint density at radius 1 is 1.41 bits per heavy atom. The molecule has 1 fully saturated rings. The molecule has 1 aromatic carbocycles. The summed E-state index contributed by atoms with van der Waals surface area (Å²) in [5.74, 6) is 0.594. The van der Waals surface area contributed by atoms with Crippen molar-refractivity contribution in [3.8, 4) is 0 Å². The van der Waals surface area contributed by atoms with Crippen molar-refractivity contribution in [1.29, 1.82) is 0 Å². The zero-order chi connectivity index (χ0) is 11.8. The van der Waals surface area contributed by atoms with Gasteiger partial charge in [-0.15, -0.1) is 0 Å². The number of hydrogen-bond acceptors (Lipinski definition) is 2. The molecule has 0 heterocycles. The third-order valence-corrected chi connectivity index (χ3v) is 3.47. The minimum absolute atomic E-state index is 0.170. The van der Waals surface area contributed by atoms with Crippen molar-refractivity contribution < 1.29 is 9.53 Å². The van der Waals surface area contributed by atoms with Gasteiger partial charge in [-0.25, -0.2) is 4.79 Å². The second-order valence-electron chi connectivity index (χ2n) is 4.80. The van der Waals surface area contributed by atoms with Crippen LogP contribution >= 0.6 is 0 Å². The molecule has 1 aromatic rings. The first-order valence-electron chi connectivity index (χ1n) is 6.28. The Labute approximate surface area is 101 Å². The molecule has 2 heteroatoms. The normalized spacial score (nSPS) is 17.6. The van der Waals surface area contributed by atoms with Crippen LogP contribution in [0.4, 0.5) is 0 Å². The van der Waals surface area contributed by atoms with E-state index < -0.39 is 0 Å². The standard InChI is InChI=1S/C15H16O2/c1-2-17-15(16)14-8-12-6-5-11(10-3-4-10)7-13(12)9-14/h5-7,9-10H,2-4,8H2,1H3. The van der Waals surface area contributed by atoms with E-state index in [4.69, 9.17) is 4.74 Å². The van der Waals surface area contributed by atoms with Crippen LogP contribution in [0, 0.1) is 0 Å². The number of ether oxygens (including phenoxy) is 1. The van der Waals surface area contributed by atoms with E-state index in [0.717, 1.165) is 17.9 Å². The first kappa shape index (κ1) is 10.6. The lowest BCUT2D eigenvalue weighted by Crippen LogP contribution is -2.07. The molecule has 0 spiro atoms. The smallest absolute Gasteiger partial charge is 0.334 e. The van der Waals surface area contributed by atoms with Crippen LogP contribution in [0.5, 0.6) is 0 Å². The summed E-state index contributed by atoms with van der Waals surface area (Å²) in [4.78, 5) is 11.7. The van der Waals surface area contributed by atoms with Gasteiger partial charge in [0.05, 0.1) is 6.61 Å². The Balaban J connectivity index is 1.85. The van der Waals surface area contributed by atoms with Gasteiger partial charge >= 0.3 is 5.97 Å². The molecule has 0 bridgehead atoms. The summed E-state index contributed by atoms with van der Waals surface area (Å²) in [6.07, 6.45) is 5.33. The van der Waals surface area contributed by atoms with Crippen LogP contribution in [0.25, 0.3) is 6.08 Å². The van der Waals surface area contributed by atoms with E-state index in [1.165, 1.54) is 29.5 Å². The minimum atomic E-state index is -0.170. The van der Waals surface area contributed by atoms with E-state index in [-0.39, 0.29) is 5.97 Å². The molecule has 1 saturated carbocycles. The molecule has 0 amide bonds. The second-order valence-corrected chi connectivity index (χ2v) is 4.80. The fourth-order valence-electron chi connectivity index (χ4n) is 2.38. The predicted octanol–water partition coefficient (Wildman–Crippen LogP) is 3.07. The number of hydrogen-bond donors (Lipinski definition) is 0. The van der Waals surface area contributed by atoms with Gasteiger partial charge in [0.1, 0.15) is 0 Å². The summed E-state index contributed by atoms with van der Waals surface area (Å²) in [7, 11) is 0. The maximum atomic E-state index is 11.7. The average Bonchev–Trinajstić information content (AvgIpc) is 3.08. The van der Waals surface area contributed by atoms with Crippen molar-refractivity contribution >= 4 is 12.0 Å². The average molecular weight is 228 g/mol. The third kappa shape index (κ3) is 1.99. The fraction of sp³-hybridized carbons (Fsp3) is 0.400. The quantitative estimate of drug-likeness (QED) is 0.743. The molecular weight excluding hydrogens is 212 g/mol. The number of esters is 1. The summed E-state index contributed by atoms with van der Waals surface area (Å²) in [6.45, 7) is 2.28. The number of fused-ring (bicyclic) bond motifs is 1. The van der Waals surface area contributed by atoms with Gasteiger partial charge in [0.2, 0.25) is 0 Å². The molecule has 0 atom stereocenters. The van der Waals surface area contributed by atoms with E-state index in [2.05, 4.69) is 18.2 Å². The van der Waals surface area contributed by atoms with Crippen LogP contribution in [0.3, 0.4) is 0 Å². The number of carbonyl (C=O) groups is 1. The van der Waals surface area contributed by atoms with Gasteiger partial charge in [-0.1, -0.05) is 18.2 Å². The molecule has 0 aliphatic heterocycles. The van der Waals surface area contributed by atoms with Crippen molar-refractivity contribution in [2.45, 2.75) is 32.1 Å². The molecule has 3 rings (SSSR count). The van der Waals surface area contributed by atoms with Crippen LogP contribution in [0.15, 0.2) is 23.8 Å². The van der Waals surface area contributed by atoms with Crippen molar-refractivity contribution in [3.05, 3.63) is 40.5 Å². The lowest BCUT2D eigenvalue weighted by Gasteiger charge is -2.02. The van der Waals surface area contributed by atoms with E-state index in [1.54, 1.807) is 0 Å². The molecule has 2 nitrogen and oxygen atoms in total. The Morgan fingerprint density at radius 2 is 2.24 bits per heavy atom. The number of benzene rings is 1. The highest BCUT2D eigenvalue weighted by molar-refractivity contribution is 5.96. The lowest BCUT2D eigenvalue weighted by atomic mass is 10.0. The zero-order valence-electron chi connectivity index (χ0n) is 10.0. The fourth-order valence-corrected chi connectivity index (χ4v) is 2.38. The van der Waals surface area contributed by atoms with Gasteiger partial charge in [0, 0.05) is 12.0 Å². The van der Waals surface area contributed by atoms with Gasteiger partial charge in [0.25, 0.3) is 0 Å². The van der Waals surface area contributed by atoms with Crippen molar-refractivity contribution in [2.24, 2.45) is 0 Å². The number of carbonyl (C=O) groups excluding carboxylic acids is 1. The van der Waals surface area contributed by atoms with E-state index in [9.17, 15) is 4.79 Å². The summed E-state index contributed by atoms with van der Waals surface area (Å²) in [5.41, 5.74) is 4.66. The van der Waals surface area contributed by atoms with Gasteiger partial charge in [-0.3, -0.25) is 0 Å². The monoisotopic (exact) mass is 228 g/mol. The van der Waals surface area contributed by atoms with E-state index >= 15 is 0 Å². The highest BCUT2D eigenvalue weighted by Gasteiger charge is 2.25. The predicted molar refractivity (Wildman–Crippen MR) is 66.7 cm³/mol. The van der Waals surface area contributed by atoms with Gasteiger partial charge in [0.15, 0.2) is 0 Å². The second kappa shape index (κ2) is 4.02. The van der Waals surface area contributed by atoms with Crippen molar-refractivity contribution in [2.75, 3.05) is 6.61 Å². The SMILES string of the molecule is CCOC(=O)C1=Cc2cc(C3CC3)ccc2C1. The summed E-state index contributed by atoms with van der Waals surface area (Å²) in [5, 5.41) is 0.